The van der Waals surface area contributed by atoms with E-state index in [0.717, 1.165) is 37.9 Å². The molecule has 3 fully saturated rings. The molecular formula is C22H34O4S. The van der Waals surface area contributed by atoms with Gasteiger partial charge in [0.25, 0.3) is 0 Å². The molecule has 2 heterocycles. The molecule has 4 nitrogen and oxygen atoms in total. The van der Waals surface area contributed by atoms with Crippen LogP contribution in [-0.2, 0) is 9.53 Å². The molecule has 0 spiro atoms. The van der Waals surface area contributed by atoms with Crippen LogP contribution in [0.1, 0.15) is 57.8 Å². The fourth-order valence-electron chi connectivity index (χ4n) is 4.97. The summed E-state index contributed by atoms with van der Waals surface area (Å²) in [7, 11) is 0. The standard InChI is InChI=1S/C22H34O4S/c23-19(16-7-3-1-2-4-8-16)11-10-18-17(20-12-13-21(18)26-20)9-5-6-14-27-15-22(24)25/h5-6,10-11,16-21,23H,1-4,7-9,12-15H2,(H,24,25)/b6-5-,11-10+/t17-,18+,19?,20-,21+/m0/s1. The summed E-state index contributed by atoms with van der Waals surface area (Å²) in [6, 6.07) is 0. The van der Waals surface area contributed by atoms with Gasteiger partial charge in [-0.15, -0.1) is 11.8 Å². The van der Waals surface area contributed by atoms with Crippen LogP contribution in [0.2, 0.25) is 0 Å². The largest absolute Gasteiger partial charge is 0.481 e. The van der Waals surface area contributed by atoms with Crippen LogP contribution in [0.25, 0.3) is 0 Å². The minimum atomic E-state index is -0.757. The fraction of sp³-hybridized carbons (Fsp3) is 0.773. The van der Waals surface area contributed by atoms with E-state index in [4.69, 9.17) is 9.84 Å². The molecule has 27 heavy (non-hydrogen) atoms. The zero-order valence-electron chi connectivity index (χ0n) is 16.2. The van der Waals surface area contributed by atoms with Gasteiger partial charge in [-0.05, 0) is 43.9 Å². The number of carboxylic acid groups (broad SMARTS) is 1. The molecule has 2 saturated heterocycles. The van der Waals surface area contributed by atoms with Crippen molar-refractivity contribution in [2.24, 2.45) is 17.8 Å². The predicted molar refractivity (Wildman–Crippen MR) is 110 cm³/mol. The number of thioether (sulfide) groups is 1. The monoisotopic (exact) mass is 394 g/mol. The molecule has 1 saturated carbocycles. The Morgan fingerprint density at radius 3 is 2.56 bits per heavy atom. The zero-order valence-corrected chi connectivity index (χ0v) is 17.0. The smallest absolute Gasteiger partial charge is 0.313 e. The van der Waals surface area contributed by atoms with Gasteiger partial charge in [-0.1, -0.05) is 50.0 Å². The third-order valence-corrected chi connectivity index (χ3v) is 7.29. The molecule has 5 heteroatoms. The molecule has 3 rings (SSSR count). The van der Waals surface area contributed by atoms with E-state index in [0.29, 0.717) is 30.0 Å². The van der Waals surface area contributed by atoms with Gasteiger partial charge in [0.15, 0.2) is 0 Å². The normalized spacial score (nSPS) is 33.1. The number of aliphatic carboxylic acids is 1. The van der Waals surface area contributed by atoms with Crippen LogP contribution in [0.5, 0.6) is 0 Å². The fourth-order valence-corrected chi connectivity index (χ4v) is 5.54. The maximum absolute atomic E-state index is 10.6. The minimum Gasteiger partial charge on any atom is -0.481 e. The van der Waals surface area contributed by atoms with Crippen molar-refractivity contribution in [1.82, 2.24) is 0 Å². The number of aliphatic hydroxyl groups is 1. The number of carboxylic acids is 1. The predicted octanol–water partition coefficient (Wildman–Crippen LogP) is 4.43. The Bertz CT molecular complexity index is 524. The molecule has 0 radical (unpaired) electrons. The van der Waals surface area contributed by atoms with Crippen molar-refractivity contribution in [1.29, 1.82) is 0 Å². The summed E-state index contributed by atoms with van der Waals surface area (Å²) in [4.78, 5) is 10.5. The van der Waals surface area contributed by atoms with Gasteiger partial charge in [0.1, 0.15) is 0 Å². The second-order valence-electron chi connectivity index (χ2n) is 8.27. The second kappa shape index (κ2) is 10.7. The van der Waals surface area contributed by atoms with Crippen molar-refractivity contribution in [2.75, 3.05) is 11.5 Å². The lowest BCUT2D eigenvalue weighted by Gasteiger charge is -2.25. The summed E-state index contributed by atoms with van der Waals surface area (Å²) < 4.78 is 6.16. The highest BCUT2D eigenvalue weighted by Crippen LogP contribution is 2.46. The van der Waals surface area contributed by atoms with Gasteiger partial charge in [0, 0.05) is 11.7 Å². The van der Waals surface area contributed by atoms with Gasteiger partial charge in [-0.25, -0.2) is 0 Å². The van der Waals surface area contributed by atoms with Gasteiger partial charge in [0.05, 0.1) is 24.1 Å². The minimum absolute atomic E-state index is 0.159. The average Bonchev–Trinajstić information content (AvgIpc) is 3.13. The van der Waals surface area contributed by atoms with Crippen LogP contribution in [0, 0.1) is 17.8 Å². The third-order valence-electron chi connectivity index (χ3n) is 6.41. The molecule has 5 atom stereocenters. The van der Waals surface area contributed by atoms with Crippen molar-refractivity contribution >= 4 is 17.7 Å². The van der Waals surface area contributed by atoms with E-state index in [2.05, 4.69) is 24.3 Å². The first-order valence-corrected chi connectivity index (χ1v) is 11.8. The van der Waals surface area contributed by atoms with Crippen molar-refractivity contribution in [3.63, 3.8) is 0 Å². The molecule has 2 N–H and O–H groups in total. The van der Waals surface area contributed by atoms with E-state index < -0.39 is 5.97 Å². The van der Waals surface area contributed by atoms with Crippen molar-refractivity contribution < 1.29 is 19.7 Å². The molecule has 0 aromatic rings. The lowest BCUT2D eigenvalue weighted by Crippen LogP contribution is -2.26. The molecule has 1 unspecified atom stereocenters. The maximum Gasteiger partial charge on any atom is 0.313 e. The number of allylic oxidation sites excluding steroid dienone is 1. The zero-order chi connectivity index (χ0) is 19.1. The average molecular weight is 395 g/mol. The highest BCUT2D eigenvalue weighted by atomic mass is 32.2. The van der Waals surface area contributed by atoms with Gasteiger partial charge in [0.2, 0.25) is 0 Å². The summed E-state index contributed by atoms with van der Waals surface area (Å²) in [6.45, 7) is 0. The Morgan fingerprint density at radius 2 is 1.81 bits per heavy atom. The molecule has 0 aromatic heterocycles. The quantitative estimate of drug-likeness (QED) is 0.344. The Hall–Kier alpha value is -0.780. The highest BCUT2D eigenvalue weighted by Gasteiger charge is 2.46. The Kier molecular flexibility index (Phi) is 8.28. The van der Waals surface area contributed by atoms with Gasteiger partial charge in [-0.2, -0.15) is 0 Å². The molecule has 152 valence electrons. The van der Waals surface area contributed by atoms with Crippen LogP contribution in [-0.4, -0.2) is 46.0 Å². The molecule has 1 aliphatic carbocycles. The number of aliphatic hydroxyl groups excluding tert-OH is 1. The summed E-state index contributed by atoms with van der Waals surface area (Å²) in [5, 5.41) is 19.3. The van der Waals surface area contributed by atoms with Crippen molar-refractivity contribution in [3.8, 4) is 0 Å². The number of ether oxygens (including phenoxy) is 1. The number of carbonyl (C=O) groups is 1. The number of fused-ring (bicyclic) bond motifs is 2. The van der Waals surface area contributed by atoms with E-state index in [9.17, 15) is 9.90 Å². The SMILES string of the molecule is O=C(O)CSC/C=C\C[C@H]1[C@@H](/C=C/C(O)C2CCCCCC2)[C@H]2CC[C@@H]1O2. The highest BCUT2D eigenvalue weighted by molar-refractivity contribution is 8.00. The Morgan fingerprint density at radius 1 is 1.07 bits per heavy atom. The van der Waals surface area contributed by atoms with E-state index in [1.807, 2.05) is 0 Å². The molecule has 0 aromatic carbocycles. The molecule has 2 bridgehead atoms. The maximum atomic E-state index is 10.6. The van der Waals surface area contributed by atoms with Crippen LogP contribution in [0.3, 0.4) is 0 Å². The van der Waals surface area contributed by atoms with E-state index >= 15 is 0 Å². The number of hydrogen-bond acceptors (Lipinski definition) is 4. The Labute approximate surface area is 167 Å². The first-order valence-electron chi connectivity index (χ1n) is 10.6. The van der Waals surface area contributed by atoms with Crippen molar-refractivity contribution in [2.45, 2.75) is 76.1 Å². The van der Waals surface area contributed by atoms with Crippen molar-refractivity contribution in [3.05, 3.63) is 24.3 Å². The van der Waals surface area contributed by atoms with Crippen LogP contribution < -0.4 is 0 Å². The summed E-state index contributed by atoms with van der Waals surface area (Å²) in [6.07, 6.45) is 19.6. The molecular weight excluding hydrogens is 360 g/mol. The van der Waals surface area contributed by atoms with E-state index in [-0.39, 0.29) is 11.9 Å². The topological polar surface area (TPSA) is 66.8 Å². The second-order valence-corrected chi connectivity index (χ2v) is 9.30. The lowest BCUT2D eigenvalue weighted by molar-refractivity contribution is -0.133. The van der Waals surface area contributed by atoms with Crippen LogP contribution >= 0.6 is 11.8 Å². The summed E-state index contributed by atoms with van der Waals surface area (Å²) in [5.74, 6) is 1.46. The van der Waals surface area contributed by atoms with E-state index in [1.54, 1.807) is 0 Å². The Balaban J connectivity index is 1.50. The molecule has 2 aliphatic heterocycles. The summed E-state index contributed by atoms with van der Waals surface area (Å²) >= 11 is 1.43. The van der Waals surface area contributed by atoms with Gasteiger partial charge in [-0.3, -0.25) is 4.79 Å². The van der Waals surface area contributed by atoms with Crippen LogP contribution in [0.15, 0.2) is 24.3 Å². The van der Waals surface area contributed by atoms with E-state index in [1.165, 1.54) is 37.4 Å². The number of hydrogen-bond donors (Lipinski definition) is 2. The van der Waals surface area contributed by atoms with Gasteiger partial charge >= 0.3 is 5.97 Å². The van der Waals surface area contributed by atoms with Crippen LogP contribution in [0.4, 0.5) is 0 Å². The molecule has 3 aliphatic rings. The molecule has 0 amide bonds. The third kappa shape index (κ3) is 6.10. The first kappa shape index (κ1) is 20.9. The lowest BCUT2D eigenvalue weighted by atomic mass is 9.77. The summed E-state index contributed by atoms with van der Waals surface area (Å²) in [5.41, 5.74) is 0. The van der Waals surface area contributed by atoms with Gasteiger partial charge < -0.3 is 14.9 Å². The first-order chi connectivity index (χ1) is 13.1. The number of rotatable bonds is 9.